The molecule has 1 aromatic heterocycles. The van der Waals surface area contributed by atoms with Gasteiger partial charge in [0, 0.05) is 36.1 Å². The molecule has 5 nitrogen and oxygen atoms in total. The average Bonchev–Trinajstić information content (AvgIpc) is 2.64. The Bertz CT molecular complexity index is 875. The molecule has 0 unspecified atom stereocenters. The molecule has 0 fully saturated rings. The van der Waals surface area contributed by atoms with E-state index in [2.05, 4.69) is 15.6 Å². The minimum Gasteiger partial charge on any atom is -0.378 e. The van der Waals surface area contributed by atoms with Gasteiger partial charge in [-0.15, -0.1) is 0 Å². The van der Waals surface area contributed by atoms with Crippen LogP contribution in [-0.4, -0.2) is 25.0 Å². The summed E-state index contributed by atoms with van der Waals surface area (Å²) in [5.41, 5.74) is 3.47. The van der Waals surface area contributed by atoms with Crippen LogP contribution in [0.2, 0.25) is 5.02 Å². The molecule has 0 saturated heterocycles. The molecule has 0 bridgehead atoms. The van der Waals surface area contributed by atoms with Crippen molar-refractivity contribution in [2.75, 3.05) is 29.6 Å². The highest BCUT2D eigenvalue weighted by Gasteiger charge is 2.06. The molecule has 0 atom stereocenters. The molecule has 0 aliphatic heterocycles. The third-order valence-corrected chi connectivity index (χ3v) is 4.04. The van der Waals surface area contributed by atoms with Crippen LogP contribution in [0, 0.1) is 0 Å². The molecule has 2 aromatic carbocycles. The second kappa shape index (κ2) is 7.89. The lowest BCUT2D eigenvalue weighted by Crippen LogP contribution is -2.12. The van der Waals surface area contributed by atoms with E-state index in [1.807, 2.05) is 49.3 Å². The monoisotopic (exact) mass is 366 g/mol. The first-order chi connectivity index (χ1) is 12.5. The van der Waals surface area contributed by atoms with Crippen molar-refractivity contribution < 1.29 is 4.79 Å². The van der Waals surface area contributed by atoms with Crippen LogP contribution in [0.15, 0.2) is 66.9 Å². The van der Waals surface area contributed by atoms with E-state index < -0.39 is 0 Å². The summed E-state index contributed by atoms with van der Waals surface area (Å²) in [5.74, 6) is 0.257. The van der Waals surface area contributed by atoms with Gasteiger partial charge in [-0.1, -0.05) is 11.6 Å². The lowest BCUT2D eigenvalue weighted by Gasteiger charge is -2.13. The van der Waals surface area contributed by atoms with Crippen molar-refractivity contribution in [2.24, 2.45) is 0 Å². The van der Waals surface area contributed by atoms with Gasteiger partial charge in [-0.25, -0.2) is 4.98 Å². The number of rotatable bonds is 5. The van der Waals surface area contributed by atoms with Gasteiger partial charge in [-0.2, -0.15) is 0 Å². The first-order valence-electron chi connectivity index (χ1n) is 8.09. The fraction of sp³-hybridized carbons (Fsp3) is 0.100. The highest BCUT2D eigenvalue weighted by molar-refractivity contribution is 6.30. The van der Waals surface area contributed by atoms with Crippen LogP contribution in [0.3, 0.4) is 0 Å². The van der Waals surface area contributed by atoms with Gasteiger partial charge in [-0.3, -0.25) is 4.79 Å². The molecule has 132 valence electrons. The molecule has 0 aliphatic carbocycles. The number of carbonyl (C=O) groups excluding carboxylic acids is 1. The van der Waals surface area contributed by atoms with E-state index in [-0.39, 0.29) is 5.91 Å². The van der Waals surface area contributed by atoms with Crippen LogP contribution in [-0.2, 0) is 0 Å². The van der Waals surface area contributed by atoms with Crippen LogP contribution < -0.4 is 15.5 Å². The highest BCUT2D eigenvalue weighted by Crippen LogP contribution is 2.20. The molecule has 0 spiro atoms. The predicted molar refractivity (Wildman–Crippen MR) is 108 cm³/mol. The van der Waals surface area contributed by atoms with Crippen LogP contribution in [0.5, 0.6) is 0 Å². The van der Waals surface area contributed by atoms with Gasteiger partial charge in [0.15, 0.2) is 0 Å². The van der Waals surface area contributed by atoms with Crippen molar-refractivity contribution in [2.45, 2.75) is 0 Å². The number of aromatic nitrogens is 1. The van der Waals surface area contributed by atoms with Crippen LogP contribution >= 0.6 is 11.6 Å². The number of anilines is 4. The maximum Gasteiger partial charge on any atom is 0.256 e. The second-order valence-corrected chi connectivity index (χ2v) is 6.40. The van der Waals surface area contributed by atoms with Gasteiger partial charge in [-0.05, 0) is 60.7 Å². The summed E-state index contributed by atoms with van der Waals surface area (Å²) in [6, 6.07) is 18.4. The SMILES string of the molecule is CN(C)c1ccc(Nc2ccc(NC(=O)c3ccc(Cl)cc3)nc2)cc1. The Labute approximate surface area is 157 Å². The summed E-state index contributed by atoms with van der Waals surface area (Å²) >= 11 is 5.83. The Hall–Kier alpha value is -3.05. The largest absolute Gasteiger partial charge is 0.378 e. The molecule has 1 heterocycles. The number of nitrogens with zero attached hydrogens (tertiary/aromatic N) is 2. The topological polar surface area (TPSA) is 57.3 Å². The van der Waals surface area contributed by atoms with Crippen molar-refractivity contribution in [1.29, 1.82) is 0 Å². The van der Waals surface area contributed by atoms with Gasteiger partial charge in [0.1, 0.15) is 5.82 Å². The zero-order valence-corrected chi connectivity index (χ0v) is 15.3. The first kappa shape index (κ1) is 17.8. The fourth-order valence-corrected chi connectivity index (χ4v) is 2.47. The molecule has 1 amide bonds. The van der Waals surface area contributed by atoms with E-state index in [0.717, 1.165) is 17.1 Å². The van der Waals surface area contributed by atoms with E-state index in [1.165, 1.54) is 0 Å². The molecule has 3 rings (SSSR count). The zero-order valence-electron chi connectivity index (χ0n) is 14.5. The number of carbonyl (C=O) groups is 1. The summed E-state index contributed by atoms with van der Waals surface area (Å²) < 4.78 is 0. The lowest BCUT2D eigenvalue weighted by molar-refractivity contribution is 0.102. The summed E-state index contributed by atoms with van der Waals surface area (Å²) in [7, 11) is 4.01. The van der Waals surface area contributed by atoms with Gasteiger partial charge in [0.05, 0.1) is 11.9 Å². The molecule has 6 heteroatoms. The number of hydrogen-bond donors (Lipinski definition) is 2. The molecule has 3 aromatic rings. The number of amides is 1. The Morgan fingerprint density at radius 3 is 2.15 bits per heavy atom. The molecule has 0 radical (unpaired) electrons. The highest BCUT2D eigenvalue weighted by atomic mass is 35.5. The van der Waals surface area contributed by atoms with E-state index in [0.29, 0.717) is 16.4 Å². The quantitative estimate of drug-likeness (QED) is 0.681. The lowest BCUT2D eigenvalue weighted by atomic mass is 10.2. The number of halogens is 1. The molecule has 2 N–H and O–H groups in total. The third-order valence-electron chi connectivity index (χ3n) is 3.78. The summed E-state index contributed by atoms with van der Waals surface area (Å²) in [4.78, 5) is 18.5. The van der Waals surface area contributed by atoms with Crippen molar-refractivity contribution >= 4 is 40.4 Å². The Kier molecular flexibility index (Phi) is 5.39. The van der Waals surface area contributed by atoms with Gasteiger partial charge in [0.25, 0.3) is 5.91 Å². The summed E-state index contributed by atoms with van der Waals surface area (Å²) in [5, 5.41) is 6.63. The molecule has 0 aliphatic rings. The zero-order chi connectivity index (χ0) is 18.5. The standard InChI is InChI=1S/C20H19ClN4O/c1-25(2)18-10-7-16(8-11-18)23-17-9-12-19(22-13-17)24-20(26)14-3-5-15(21)6-4-14/h3-13,23H,1-2H3,(H,22,24,26). The van der Waals surface area contributed by atoms with Crippen molar-refractivity contribution in [1.82, 2.24) is 4.98 Å². The molecular formula is C20H19ClN4O. The average molecular weight is 367 g/mol. The Morgan fingerprint density at radius 1 is 0.923 bits per heavy atom. The van der Waals surface area contributed by atoms with Gasteiger partial charge in [0.2, 0.25) is 0 Å². The number of hydrogen-bond acceptors (Lipinski definition) is 4. The third kappa shape index (κ3) is 4.52. The van der Waals surface area contributed by atoms with Crippen LogP contribution in [0.25, 0.3) is 0 Å². The predicted octanol–water partition coefficient (Wildman–Crippen LogP) is 4.80. The molecular weight excluding hydrogens is 348 g/mol. The Balaban J connectivity index is 1.62. The molecule has 26 heavy (non-hydrogen) atoms. The van der Waals surface area contributed by atoms with Crippen molar-refractivity contribution in [3.05, 3.63) is 77.4 Å². The first-order valence-corrected chi connectivity index (χ1v) is 8.46. The second-order valence-electron chi connectivity index (χ2n) is 5.96. The van der Waals surface area contributed by atoms with Crippen LogP contribution in [0.4, 0.5) is 22.9 Å². The van der Waals surface area contributed by atoms with Crippen molar-refractivity contribution in [3.63, 3.8) is 0 Å². The number of pyridine rings is 1. The van der Waals surface area contributed by atoms with E-state index >= 15 is 0 Å². The number of benzene rings is 2. The van der Waals surface area contributed by atoms with E-state index in [1.54, 1.807) is 36.5 Å². The molecule has 0 saturated carbocycles. The fourth-order valence-electron chi connectivity index (χ4n) is 2.34. The minimum absolute atomic E-state index is 0.228. The maximum absolute atomic E-state index is 12.2. The Morgan fingerprint density at radius 2 is 1.58 bits per heavy atom. The van der Waals surface area contributed by atoms with E-state index in [4.69, 9.17) is 11.6 Å². The summed E-state index contributed by atoms with van der Waals surface area (Å²) in [6.07, 6.45) is 1.68. The maximum atomic E-state index is 12.2. The normalized spacial score (nSPS) is 10.3. The minimum atomic E-state index is -0.228. The van der Waals surface area contributed by atoms with Gasteiger partial charge < -0.3 is 15.5 Å². The van der Waals surface area contributed by atoms with Crippen molar-refractivity contribution in [3.8, 4) is 0 Å². The van der Waals surface area contributed by atoms with E-state index in [9.17, 15) is 4.79 Å². The summed E-state index contributed by atoms with van der Waals surface area (Å²) in [6.45, 7) is 0. The number of nitrogens with one attached hydrogen (secondary N) is 2. The van der Waals surface area contributed by atoms with Crippen LogP contribution in [0.1, 0.15) is 10.4 Å². The smallest absolute Gasteiger partial charge is 0.256 e. The van der Waals surface area contributed by atoms with Gasteiger partial charge >= 0.3 is 0 Å².